The highest BCUT2D eigenvalue weighted by atomic mass is 35.5. The van der Waals surface area contributed by atoms with E-state index in [1.54, 1.807) is 103 Å². The van der Waals surface area contributed by atoms with E-state index in [1.807, 2.05) is 18.2 Å². The number of nitrogens with two attached hydrogens (primary N) is 1. The van der Waals surface area contributed by atoms with E-state index in [4.69, 9.17) is 22.1 Å². The van der Waals surface area contributed by atoms with Crippen LogP contribution in [-0.4, -0.2) is 11.9 Å². The fourth-order valence-electron chi connectivity index (χ4n) is 4.40. The lowest BCUT2D eigenvalue weighted by Crippen LogP contribution is -2.44. The van der Waals surface area contributed by atoms with Crippen molar-refractivity contribution in [2.45, 2.75) is 6.04 Å². The Bertz CT molecular complexity index is 1660. The van der Waals surface area contributed by atoms with E-state index in [9.17, 15) is 14.8 Å². The zero-order valence-corrected chi connectivity index (χ0v) is 22.4. The lowest BCUT2D eigenvalue weighted by molar-refractivity contribution is -0.593. The fraction of sp³-hybridized carbons (Fsp3) is 0.0312. The van der Waals surface area contributed by atoms with Crippen molar-refractivity contribution < 1.29 is 19.1 Å². The molecular weight excluding hydrogens is 540 g/mol. The van der Waals surface area contributed by atoms with Crippen molar-refractivity contribution in [3.8, 4) is 22.8 Å². The SMILES string of the molecule is NC(=O)N(c1ccc(Cl)cc1)C(C(=O)Nc1ccc(-c2cccc[n+]2[O-])cc1)c1ccccc1Oc1ccccc1. The topological polar surface area (TPSA) is 112 Å². The van der Waals surface area contributed by atoms with Crippen LogP contribution in [0.1, 0.15) is 11.6 Å². The molecule has 0 aliphatic heterocycles. The van der Waals surface area contributed by atoms with E-state index >= 15 is 0 Å². The molecule has 4 aromatic carbocycles. The van der Waals surface area contributed by atoms with Crippen molar-refractivity contribution in [1.82, 2.24) is 0 Å². The summed E-state index contributed by atoms with van der Waals surface area (Å²) in [6, 6.07) is 32.4. The largest absolute Gasteiger partial charge is 0.618 e. The Morgan fingerprint density at radius 2 is 1.49 bits per heavy atom. The van der Waals surface area contributed by atoms with Gasteiger partial charge in [-0.05, 0) is 72.8 Å². The Balaban J connectivity index is 1.54. The van der Waals surface area contributed by atoms with Crippen molar-refractivity contribution >= 4 is 34.9 Å². The number of nitrogens with zero attached hydrogens (tertiary/aromatic N) is 2. The third-order valence-electron chi connectivity index (χ3n) is 6.31. The van der Waals surface area contributed by atoms with Crippen molar-refractivity contribution in [2.75, 3.05) is 10.2 Å². The molecular formula is C32H25ClN4O4. The fourth-order valence-corrected chi connectivity index (χ4v) is 4.53. The Morgan fingerprint density at radius 1 is 0.829 bits per heavy atom. The molecule has 5 rings (SSSR count). The summed E-state index contributed by atoms with van der Waals surface area (Å²) in [5.41, 5.74) is 8.27. The molecule has 9 heteroatoms. The molecule has 0 fully saturated rings. The number of anilines is 2. The standard InChI is InChI=1S/C32H25ClN4O4/c33-23-15-19-25(20-16-23)37(32(34)39)30(27-10-4-5-12-29(27)41-26-8-2-1-3-9-26)31(38)35-24-17-13-22(14-18-24)28-11-6-7-21-36(28)40/h1-21,30H,(H2,34,39)(H,35,38). The number of hydrogen-bond donors (Lipinski definition) is 2. The van der Waals surface area contributed by atoms with Gasteiger partial charge >= 0.3 is 6.03 Å². The second kappa shape index (κ2) is 12.2. The Labute approximate surface area is 241 Å². The molecule has 204 valence electrons. The number of benzene rings is 4. The first-order valence-corrected chi connectivity index (χ1v) is 13.0. The summed E-state index contributed by atoms with van der Waals surface area (Å²) in [6.45, 7) is 0. The number of carbonyl (C=O) groups excluding carboxylic acids is 2. The first-order chi connectivity index (χ1) is 19.9. The highest BCUT2D eigenvalue weighted by Gasteiger charge is 2.34. The molecule has 41 heavy (non-hydrogen) atoms. The smallest absolute Gasteiger partial charge is 0.320 e. The zero-order chi connectivity index (χ0) is 28.8. The quantitative estimate of drug-likeness (QED) is 0.161. The number of hydrogen-bond acceptors (Lipinski definition) is 4. The van der Waals surface area contributed by atoms with Crippen LogP contribution < -0.4 is 25.4 Å². The van der Waals surface area contributed by atoms with Crippen molar-refractivity contribution in [3.63, 3.8) is 0 Å². The van der Waals surface area contributed by atoms with E-state index in [2.05, 4.69) is 5.32 Å². The van der Waals surface area contributed by atoms with Crippen molar-refractivity contribution in [2.24, 2.45) is 5.73 Å². The Morgan fingerprint density at radius 3 is 2.17 bits per heavy atom. The van der Waals surface area contributed by atoms with E-state index in [0.717, 1.165) is 4.73 Å². The summed E-state index contributed by atoms with van der Waals surface area (Å²) in [5.74, 6) is 0.399. The van der Waals surface area contributed by atoms with Crippen molar-refractivity contribution in [1.29, 1.82) is 0 Å². The van der Waals surface area contributed by atoms with Gasteiger partial charge in [-0.2, -0.15) is 4.73 Å². The summed E-state index contributed by atoms with van der Waals surface area (Å²) >= 11 is 6.09. The third kappa shape index (κ3) is 6.29. The van der Waals surface area contributed by atoms with E-state index in [-0.39, 0.29) is 0 Å². The van der Waals surface area contributed by atoms with E-state index in [0.29, 0.717) is 44.7 Å². The van der Waals surface area contributed by atoms with Crippen LogP contribution >= 0.6 is 11.6 Å². The van der Waals surface area contributed by atoms with Crippen LogP contribution in [0.25, 0.3) is 11.3 Å². The predicted molar refractivity (Wildman–Crippen MR) is 159 cm³/mol. The van der Waals surface area contributed by atoms with Gasteiger partial charge in [-0.1, -0.05) is 48.0 Å². The average molecular weight is 565 g/mol. The molecule has 0 saturated heterocycles. The molecule has 0 bridgehead atoms. The van der Waals surface area contributed by atoms with Gasteiger partial charge < -0.3 is 21.0 Å². The van der Waals surface area contributed by atoms with Gasteiger partial charge in [-0.3, -0.25) is 9.69 Å². The molecule has 0 aliphatic carbocycles. The summed E-state index contributed by atoms with van der Waals surface area (Å²) in [7, 11) is 0. The van der Waals surface area contributed by atoms with Gasteiger partial charge in [0.05, 0.1) is 0 Å². The van der Waals surface area contributed by atoms with Gasteiger partial charge in [0.25, 0.3) is 5.91 Å². The summed E-state index contributed by atoms with van der Waals surface area (Å²) in [6.07, 6.45) is 1.42. The molecule has 0 aliphatic rings. The minimum atomic E-state index is -1.22. The van der Waals surface area contributed by atoms with Gasteiger partial charge in [0.15, 0.2) is 6.20 Å². The lowest BCUT2D eigenvalue weighted by atomic mass is 10.0. The van der Waals surface area contributed by atoms with Gasteiger partial charge in [0.1, 0.15) is 17.5 Å². The van der Waals surface area contributed by atoms with Crippen LogP contribution in [0, 0.1) is 5.21 Å². The molecule has 3 N–H and O–H groups in total. The number of para-hydroxylation sites is 2. The number of urea groups is 1. The third-order valence-corrected chi connectivity index (χ3v) is 6.56. The number of carbonyl (C=O) groups is 2. The van der Waals surface area contributed by atoms with Crippen LogP contribution in [0.2, 0.25) is 5.02 Å². The number of nitrogens with one attached hydrogen (secondary N) is 1. The molecule has 1 aromatic heterocycles. The number of pyridine rings is 1. The Kier molecular flexibility index (Phi) is 8.13. The highest BCUT2D eigenvalue weighted by molar-refractivity contribution is 6.30. The van der Waals surface area contributed by atoms with E-state index in [1.165, 1.54) is 11.1 Å². The molecule has 1 heterocycles. The molecule has 3 amide bonds. The maximum Gasteiger partial charge on any atom is 0.320 e. The number of halogens is 1. The van der Waals surface area contributed by atoms with Crippen LogP contribution in [0.4, 0.5) is 16.2 Å². The summed E-state index contributed by atoms with van der Waals surface area (Å²) < 4.78 is 6.91. The molecule has 8 nitrogen and oxygen atoms in total. The Hall–Kier alpha value is -5.34. The molecule has 1 unspecified atom stereocenters. The zero-order valence-electron chi connectivity index (χ0n) is 21.7. The minimum absolute atomic E-state index is 0.371. The number of aromatic nitrogens is 1. The van der Waals surface area contributed by atoms with Gasteiger partial charge in [-0.25, -0.2) is 4.79 Å². The van der Waals surface area contributed by atoms with E-state index < -0.39 is 18.0 Å². The van der Waals surface area contributed by atoms with Gasteiger partial charge in [0.2, 0.25) is 5.69 Å². The molecule has 0 spiro atoms. The summed E-state index contributed by atoms with van der Waals surface area (Å²) in [5, 5.41) is 15.5. The van der Waals surface area contributed by atoms with Crippen LogP contribution in [0.15, 0.2) is 128 Å². The number of rotatable bonds is 8. The second-order valence-corrected chi connectivity index (χ2v) is 9.45. The van der Waals surface area contributed by atoms with Gasteiger partial charge in [-0.15, -0.1) is 0 Å². The molecule has 5 aromatic rings. The number of primary amides is 1. The van der Waals surface area contributed by atoms with Crippen molar-refractivity contribution in [3.05, 3.63) is 143 Å². The number of amides is 3. The maximum absolute atomic E-state index is 14.0. The second-order valence-electron chi connectivity index (χ2n) is 9.02. The van der Waals surface area contributed by atoms with Crippen LogP contribution in [-0.2, 0) is 4.79 Å². The highest BCUT2D eigenvalue weighted by Crippen LogP contribution is 2.36. The minimum Gasteiger partial charge on any atom is -0.618 e. The first kappa shape index (κ1) is 27.2. The average Bonchev–Trinajstić information content (AvgIpc) is 2.98. The molecule has 0 radical (unpaired) electrons. The predicted octanol–water partition coefficient (Wildman–Crippen LogP) is 6.70. The summed E-state index contributed by atoms with van der Waals surface area (Å²) in [4.78, 5) is 28.1. The normalized spacial score (nSPS) is 11.3. The van der Waals surface area contributed by atoms with Gasteiger partial charge in [0, 0.05) is 39.7 Å². The molecule has 0 saturated carbocycles. The lowest BCUT2D eigenvalue weighted by Gasteiger charge is -2.31. The maximum atomic E-state index is 14.0. The van der Waals surface area contributed by atoms with Crippen LogP contribution in [0.3, 0.4) is 0 Å². The molecule has 1 atom stereocenters. The van der Waals surface area contributed by atoms with Crippen LogP contribution in [0.5, 0.6) is 11.5 Å². The monoisotopic (exact) mass is 564 g/mol. The first-order valence-electron chi connectivity index (χ1n) is 12.7. The number of ether oxygens (including phenoxy) is 1.